The van der Waals surface area contributed by atoms with Gasteiger partial charge in [0.1, 0.15) is 0 Å². The van der Waals surface area contributed by atoms with E-state index in [0.717, 1.165) is 5.92 Å². The molecule has 0 spiro atoms. The van der Waals surface area contributed by atoms with Gasteiger partial charge in [-0.25, -0.2) is 0 Å². The summed E-state index contributed by atoms with van der Waals surface area (Å²) in [5.41, 5.74) is 3.04. The predicted octanol–water partition coefficient (Wildman–Crippen LogP) is 4.69. The smallest absolute Gasteiger partial charge is 0.0161 e. The highest BCUT2D eigenvalue weighted by Crippen LogP contribution is 2.35. The lowest BCUT2D eigenvalue weighted by Crippen LogP contribution is -2.46. The van der Waals surface area contributed by atoms with Crippen molar-refractivity contribution in [1.29, 1.82) is 0 Å². The number of hydrogen-bond acceptors (Lipinski definition) is 1. The standard InChI is InChI=1S/C18H31N/c1-7-12-18(5,17(19-6)13-14(2)3)16-10-8-15(4)9-11-16/h8-11,14,17,19H,7,12-13H2,1-6H3. The number of likely N-dealkylation sites (N-methyl/N-ethyl adjacent to an activating group) is 1. The molecule has 2 atom stereocenters. The Morgan fingerprint density at radius 2 is 1.74 bits per heavy atom. The topological polar surface area (TPSA) is 12.0 Å². The molecule has 1 rings (SSSR count). The summed E-state index contributed by atoms with van der Waals surface area (Å²) >= 11 is 0. The first-order valence-corrected chi connectivity index (χ1v) is 7.68. The summed E-state index contributed by atoms with van der Waals surface area (Å²) in [6.07, 6.45) is 3.68. The molecular formula is C18H31N. The summed E-state index contributed by atoms with van der Waals surface area (Å²) in [6.45, 7) is 11.5. The maximum Gasteiger partial charge on any atom is 0.0161 e. The van der Waals surface area contributed by atoms with E-state index in [1.165, 1.54) is 30.4 Å². The van der Waals surface area contributed by atoms with Gasteiger partial charge in [0, 0.05) is 11.5 Å². The second-order valence-electron chi connectivity index (χ2n) is 6.50. The third-order valence-corrected chi connectivity index (χ3v) is 4.31. The van der Waals surface area contributed by atoms with Crippen molar-refractivity contribution >= 4 is 0 Å². The van der Waals surface area contributed by atoms with Crippen molar-refractivity contribution in [2.45, 2.75) is 65.3 Å². The minimum Gasteiger partial charge on any atom is -0.316 e. The lowest BCUT2D eigenvalue weighted by atomic mass is 9.70. The Kier molecular flexibility index (Phi) is 6.06. The van der Waals surface area contributed by atoms with Crippen molar-refractivity contribution < 1.29 is 0 Å². The molecule has 0 saturated heterocycles. The largest absolute Gasteiger partial charge is 0.316 e. The summed E-state index contributed by atoms with van der Waals surface area (Å²) in [5.74, 6) is 0.721. The molecule has 1 N–H and O–H groups in total. The molecule has 19 heavy (non-hydrogen) atoms. The third-order valence-electron chi connectivity index (χ3n) is 4.31. The molecule has 0 aromatic heterocycles. The summed E-state index contributed by atoms with van der Waals surface area (Å²) in [5, 5.41) is 3.57. The van der Waals surface area contributed by atoms with Gasteiger partial charge in [0.05, 0.1) is 0 Å². The molecule has 0 heterocycles. The minimum atomic E-state index is 0.224. The lowest BCUT2D eigenvalue weighted by molar-refractivity contribution is 0.269. The van der Waals surface area contributed by atoms with Gasteiger partial charge in [-0.15, -0.1) is 0 Å². The number of hydrogen-bond donors (Lipinski definition) is 1. The Morgan fingerprint density at radius 1 is 1.16 bits per heavy atom. The van der Waals surface area contributed by atoms with Crippen LogP contribution in [0.15, 0.2) is 24.3 Å². The van der Waals surface area contributed by atoms with Crippen LogP contribution in [0.4, 0.5) is 0 Å². The van der Waals surface area contributed by atoms with Gasteiger partial charge in [0.2, 0.25) is 0 Å². The van der Waals surface area contributed by atoms with E-state index in [-0.39, 0.29) is 5.41 Å². The van der Waals surface area contributed by atoms with E-state index in [9.17, 15) is 0 Å². The van der Waals surface area contributed by atoms with Crippen molar-refractivity contribution in [2.75, 3.05) is 7.05 Å². The van der Waals surface area contributed by atoms with Gasteiger partial charge in [-0.1, -0.05) is 63.9 Å². The van der Waals surface area contributed by atoms with E-state index in [1.807, 2.05) is 0 Å². The number of aryl methyl sites for hydroxylation is 1. The molecule has 1 heteroatoms. The van der Waals surface area contributed by atoms with Gasteiger partial charge < -0.3 is 5.32 Å². The van der Waals surface area contributed by atoms with Crippen LogP contribution in [0.25, 0.3) is 0 Å². The van der Waals surface area contributed by atoms with Crippen LogP contribution >= 0.6 is 0 Å². The summed E-state index contributed by atoms with van der Waals surface area (Å²) in [7, 11) is 2.11. The van der Waals surface area contributed by atoms with Crippen LogP contribution < -0.4 is 5.32 Å². The van der Waals surface area contributed by atoms with Crippen molar-refractivity contribution in [3.63, 3.8) is 0 Å². The highest BCUT2D eigenvalue weighted by molar-refractivity contribution is 5.30. The SMILES string of the molecule is CCCC(C)(c1ccc(C)cc1)C(CC(C)C)NC. The zero-order valence-electron chi connectivity index (χ0n) is 13.6. The fraction of sp³-hybridized carbons (Fsp3) is 0.667. The van der Waals surface area contributed by atoms with Crippen molar-refractivity contribution in [1.82, 2.24) is 5.32 Å². The quantitative estimate of drug-likeness (QED) is 0.751. The molecule has 0 aliphatic rings. The highest BCUT2D eigenvalue weighted by Gasteiger charge is 2.34. The molecule has 108 valence electrons. The van der Waals surface area contributed by atoms with Crippen LogP contribution in [0.3, 0.4) is 0 Å². The Hall–Kier alpha value is -0.820. The number of benzene rings is 1. The Labute approximate surface area is 119 Å². The average molecular weight is 261 g/mol. The van der Waals surface area contributed by atoms with Crippen LogP contribution in [0.2, 0.25) is 0 Å². The molecule has 1 aromatic rings. The second-order valence-corrected chi connectivity index (χ2v) is 6.50. The van der Waals surface area contributed by atoms with Crippen LogP contribution in [-0.4, -0.2) is 13.1 Å². The number of nitrogens with one attached hydrogen (secondary N) is 1. The zero-order valence-corrected chi connectivity index (χ0v) is 13.6. The van der Waals surface area contributed by atoms with Crippen molar-refractivity contribution in [3.05, 3.63) is 35.4 Å². The zero-order chi connectivity index (χ0) is 14.5. The van der Waals surface area contributed by atoms with Gasteiger partial charge in [0.15, 0.2) is 0 Å². The van der Waals surface area contributed by atoms with E-state index in [4.69, 9.17) is 0 Å². The summed E-state index contributed by atoms with van der Waals surface area (Å²) in [4.78, 5) is 0. The van der Waals surface area contributed by atoms with Gasteiger partial charge in [-0.05, 0) is 38.3 Å². The van der Waals surface area contributed by atoms with E-state index >= 15 is 0 Å². The van der Waals surface area contributed by atoms with Crippen molar-refractivity contribution in [3.8, 4) is 0 Å². The normalized spacial score (nSPS) is 16.4. The molecule has 0 saturated carbocycles. The Balaban J connectivity index is 3.09. The molecular weight excluding hydrogens is 230 g/mol. The second kappa shape index (κ2) is 7.09. The van der Waals surface area contributed by atoms with Gasteiger partial charge >= 0.3 is 0 Å². The monoisotopic (exact) mass is 261 g/mol. The summed E-state index contributed by atoms with van der Waals surface area (Å²) in [6, 6.07) is 9.65. The first-order chi connectivity index (χ1) is 8.93. The molecule has 0 fully saturated rings. The van der Waals surface area contributed by atoms with E-state index in [1.54, 1.807) is 0 Å². The third kappa shape index (κ3) is 4.07. The summed E-state index contributed by atoms with van der Waals surface area (Å²) < 4.78 is 0. The molecule has 0 radical (unpaired) electrons. The van der Waals surface area contributed by atoms with Gasteiger partial charge in [-0.2, -0.15) is 0 Å². The van der Waals surface area contributed by atoms with E-state index in [0.29, 0.717) is 6.04 Å². The first-order valence-electron chi connectivity index (χ1n) is 7.68. The van der Waals surface area contributed by atoms with Crippen LogP contribution in [0.1, 0.15) is 58.1 Å². The van der Waals surface area contributed by atoms with Crippen LogP contribution in [0.5, 0.6) is 0 Å². The fourth-order valence-electron chi connectivity index (χ4n) is 3.14. The minimum absolute atomic E-state index is 0.224. The molecule has 1 nitrogen and oxygen atoms in total. The van der Waals surface area contributed by atoms with Crippen LogP contribution in [-0.2, 0) is 5.41 Å². The van der Waals surface area contributed by atoms with E-state index in [2.05, 4.69) is 71.2 Å². The van der Waals surface area contributed by atoms with Crippen LogP contribution in [0, 0.1) is 12.8 Å². The highest BCUT2D eigenvalue weighted by atomic mass is 14.9. The average Bonchev–Trinajstić information content (AvgIpc) is 2.36. The maximum atomic E-state index is 3.57. The van der Waals surface area contributed by atoms with E-state index < -0.39 is 0 Å². The molecule has 0 amide bonds. The Morgan fingerprint density at radius 3 is 2.16 bits per heavy atom. The Bertz CT molecular complexity index is 366. The maximum absolute atomic E-state index is 3.57. The lowest BCUT2D eigenvalue weighted by Gasteiger charge is -2.39. The molecule has 2 unspecified atom stereocenters. The molecule has 0 aliphatic heterocycles. The van der Waals surface area contributed by atoms with Gasteiger partial charge in [-0.3, -0.25) is 0 Å². The molecule has 1 aromatic carbocycles. The molecule has 0 bridgehead atoms. The first kappa shape index (κ1) is 16.2. The van der Waals surface area contributed by atoms with Gasteiger partial charge in [0.25, 0.3) is 0 Å². The van der Waals surface area contributed by atoms with Crippen molar-refractivity contribution in [2.24, 2.45) is 5.92 Å². The number of rotatable bonds is 7. The molecule has 0 aliphatic carbocycles. The predicted molar refractivity (Wildman–Crippen MR) is 85.7 cm³/mol. The fourth-order valence-corrected chi connectivity index (χ4v) is 3.14.